The van der Waals surface area contributed by atoms with Crippen molar-refractivity contribution in [2.24, 2.45) is 4.40 Å². The molecule has 0 aromatic heterocycles. The number of carbonyl (C=O) groups excluding carboxylic acids is 1. The summed E-state index contributed by atoms with van der Waals surface area (Å²) in [4.78, 5) is 12.5. The summed E-state index contributed by atoms with van der Waals surface area (Å²) in [7, 11) is 0. The zero-order valence-corrected chi connectivity index (χ0v) is 20.7. The van der Waals surface area contributed by atoms with Crippen LogP contribution in [-0.2, 0) is 19.9 Å². The van der Waals surface area contributed by atoms with Gasteiger partial charge in [-0.05, 0) is 52.4 Å². The Kier molecular flexibility index (Phi) is 6.38. The SMILES string of the molecule is O=C(CC(F)(F)F)C1OC2(CNC2)c2ccc(C3=NSC(c4cc(Cl)c(F)c(Cl)c4)(C(F)(F)F)C3)cc21. The third-order valence-electron chi connectivity index (χ3n) is 6.63. The molecule has 1 fully saturated rings. The van der Waals surface area contributed by atoms with Gasteiger partial charge in [-0.2, -0.15) is 26.3 Å². The van der Waals surface area contributed by atoms with Crippen molar-refractivity contribution in [3.63, 3.8) is 0 Å². The van der Waals surface area contributed by atoms with Crippen molar-refractivity contribution in [3.05, 3.63) is 68.4 Å². The van der Waals surface area contributed by atoms with Crippen LogP contribution in [0.3, 0.4) is 0 Å². The summed E-state index contributed by atoms with van der Waals surface area (Å²) in [6.45, 7) is 0.546. The lowest BCUT2D eigenvalue weighted by atomic mass is 9.84. The van der Waals surface area contributed by atoms with E-state index in [9.17, 15) is 35.5 Å². The summed E-state index contributed by atoms with van der Waals surface area (Å²) in [5, 5.41) is 1.80. The number of carbonyl (C=O) groups is 1. The van der Waals surface area contributed by atoms with Gasteiger partial charge >= 0.3 is 12.4 Å². The maximum atomic E-state index is 14.4. The zero-order chi connectivity index (χ0) is 27.0. The van der Waals surface area contributed by atoms with E-state index in [4.69, 9.17) is 27.9 Å². The highest BCUT2D eigenvalue weighted by Crippen LogP contribution is 2.57. The Hall–Kier alpha value is -1.86. The van der Waals surface area contributed by atoms with Crippen LogP contribution in [0.25, 0.3) is 0 Å². The van der Waals surface area contributed by atoms with Crippen molar-refractivity contribution in [2.45, 2.75) is 41.6 Å². The fourth-order valence-corrected chi connectivity index (χ4v) is 6.18. The van der Waals surface area contributed by atoms with E-state index >= 15 is 0 Å². The van der Waals surface area contributed by atoms with E-state index in [1.807, 2.05) is 0 Å². The van der Waals surface area contributed by atoms with Crippen LogP contribution in [0.5, 0.6) is 0 Å². The van der Waals surface area contributed by atoms with Crippen molar-refractivity contribution in [2.75, 3.05) is 13.1 Å². The number of halogens is 9. The fourth-order valence-electron chi connectivity index (χ4n) is 4.73. The molecule has 3 aliphatic heterocycles. The molecule has 2 aromatic rings. The van der Waals surface area contributed by atoms with Crippen LogP contribution in [0.4, 0.5) is 30.7 Å². The fraction of sp³-hybridized carbons (Fsp3) is 0.391. The number of nitrogens with zero attached hydrogens (tertiary/aromatic N) is 1. The maximum absolute atomic E-state index is 14.4. The van der Waals surface area contributed by atoms with E-state index in [2.05, 4.69) is 9.71 Å². The molecule has 14 heteroatoms. The van der Waals surface area contributed by atoms with Gasteiger partial charge in [0.1, 0.15) is 18.1 Å². The number of alkyl halides is 6. The van der Waals surface area contributed by atoms with E-state index in [0.29, 0.717) is 5.56 Å². The summed E-state index contributed by atoms with van der Waals surface area (Å²) in [5.41, 5.74) is -0.545. The van der Waals surface area contributed by atoms with Gasteiger partial charge in [0.05, 0.1) is 15.8 Å². The summed E-state index contributed by atoms with van der Waals surface area (Å²) in [5.74, 6) is -2.25. The number of hydrogen-bond donors (Lipinski definition) is 1. The van der Waals surface area contributed by atoms with E-state index in [-0.39, 0.29) is 41.9 Å². The number of nitrogens with one attached hydrogen (secondary N) is 1. The van der Waals surface area contributed by atoms with Gasteiger partial charge in [-0.1, -0.05) is 35.3 Å². The molecule has 5 rings (SSSR count). The van der Waals surface area contributed by atoms with Crippen LogP contribution < -0.4 is 5.32 Å². The van der Waals surface area contributed by atoms with Crippen molar-refractivity contribution in [3.8, 4) is 0 Å². The number of rotatable bonds is 4. The lowest BCUT2D eigenvalue weighted by molar-refractivity contribution is -0.170. The quantitative estimate of drug-likeness (QED) is 0.242. The normalized spacial score (nSPS) is 24.7. The van der Waals surface area contributed by atoms with Gasteiger partial charge < -0.3 is 10.1 Å². The summed E-state index contributed by atoms with van der Waals surface area (Å²) in [6, 6.07) is 6.08. The van der Waals surface area contributed by atoms with Crippen LogP contribution in [0, 0.1) is 5.82 Å². The Balaban J connectivity index is 1.52. The van der Waals surface area contributed by atoms with Crippen molar-refractivity contribution in [1.82, 2.24) is 5.32 Å². The van der Waals surface area contributed by atoms with Gasteiger partial charge in [-0.3, -0.25) is 4.79 Å². The Labute approximate surface area is 219 Å². The number of ketones is 1. The molecule has 4 nitrogen and oxygen atoms in total. The van der Waals surface area contributed by atoms with Crippen LogP contribution in [-0.4, -0.2) is 36.9 Å². The minimum atomic E-state index is -4.86. The maximum Gasteiger partial charge on any atom is 0.409 e. The molecule has 2 atom stereocenters. The number of Topliss-reactive ketones (excluding diaryl/α,β-unsaturated/α-hetero) is 1. The van der Waals surface area contributed by atoms with E-state index in [1.165, 1.54) is 12.1 Å². The summed E-state index contributed by atoms with van der Waals surface area (Å²) >= 11 is 11.7. The van der Waals surface area contributed by atoms with Gasteiger partial charge in [0.25, 0.3) is 0 Å². The topological polar surface area (TPSA) is 50.7 Å². The third kappa shape index (κ3) is 4.44. The minimum Gasteiger partial charge on any atom is -0.352 e. The Morgan fingerprint density at radius 2 is 1.76 bits per heavy atom. The van der Waals surface area contributed by atoms with Crippen LogP contribution in [0.2, 0.25) is 10.0 Å². The smallest absolute Gasteiger partial charge is 0.352 e. The van der Waals surface area contributed by atoms with E-state index in [0.717, 1.165) is 12.1 Å². The van der Waals surface area contributed by atoms with Gasteiger partial charge in [0.2, 0.25) is 0 Å². The molecule has 37 heavy (non-hydrogen) atoms. The molecule has 0 saturated carbocycles. The first-order valence-corrected chi connectivity index (χ1v) is 12.3. The average Bonchev–Trinajstić information content (AvgIpc) is 3.36. The Morgan fingerprint density at radius 3 is 2.30 bits per heavy atom. The monoisotopic (exact) mass is 586 g/mol. The summed E-state index contributed by atoms with van der Waals surface area (Å²) in [6.07, 6.45) is -13.5. The number of benzene rings is 2. The number of fused-ring (bicyclic) bond motifs is 2. The van der Waals surface area contributed by atoms with E-state index in [1.54, 1.807) is 6.07 Å². The lowest BCUT2D eigenvalue weighted by Gasteiger charge is -2.39. The molecule has 3 aliphatic rings. The molecule has 1 N–H and O–H groups in total. The molecule has 198 valence electrons. The number of ether oxygens (including phenoxy) is 1. The molecule has 1 saturated heterocycles. The van der Waals surface area contributed by atoms with Crippen molar-refractivity contribution in [1.29, 1.82) is 0 Å². The highest BCUT2D eigenvalue weighted by molar-refractivity contribution is 7.99. The largest absolute Gasteiger partial charge is 0.409 e. The highest BCUT2D eigenvalue weighted by atomic mass is 35.5. The predicted octanol–water partition coefficient (Wildman–Crippen LogP) is 6.82. The van der Waals surface area contributed by atoms with Gasteiger partial charge in [0, 0.05) is 19.5 Å². The molecule has 2 unspecified atom stereocenters. The van der Waals surface area contributed by atoms with Crippen molar-refractivity contribution >= 4 is 46.6 Å². The van der Waals surface area contributed by atoms with Gasteiger partial charge in [-0.25, -0.2) is 8.79 Å². The van der Waals surface area contributed by atoms with Gasteiger partial charge in [-0.15, -0.1) is 0 Å². The Morgan fingerprint density at radius 1 is 1.11 bits per heavy atom. The molecular weight excluding hydrogens is 572 g/mol. The van der Waals surface area contributed by atoms with Gasteiger partial charge in [0.15, 0.2) is 16.3 Å². The van der Waals surface area contributed by atoms with Crippen LogP contribution in [0.15, 0.2) is 34.7 Å². The standard InChI is InChI=1S/C23H15Cl2F7N2O2S/c24-14-4-11(5-15(25)18(14)26)21(23(30,31)32)6-16(34-37-21)10-1-2-13-12(3-10)19(17(35)7-22(27,28)29)36-20(13)8-33-9-20/h1-5,19,33H,6-9H2. The first-order valence-electron chi connectivity index (χ1n) is 10.8. The Bertz CT molecular complexity index is 1300. The molecule has 0 aliphatic carbocycles. The summed E-state index contributed by atoms with van der Waals surface area (Å²) < 4.78 is 103. The predicted molar refractivity (Wildman–Crippen MR) is 123 cm³/mol. The second-order valence-electron chi connectivity index (χ2n) is 9.04. The molecular formula is C23H15Cl2F7N2O2S. The lowest BCUT2D eigenvalue weighted by Crippen LogP contribution is -2.57. The van der Waals surface area contributed by atoms with Crippen LogP contribution >= 0.6 is 35.1 Å². The highest BCUT2D eigenvalue weighted by Gasteiger charge is 2.60. The molecule has 0 amide bonds. The first kappa shape index (κ1) is 26.7. The molecule has 0 bridgehead atoms. The first-order chi connectivity index (χ1) is 17.2. The average molecular weight is 587 g/mol. The minimum absolute atomic E-state index is 0.0172. The zero-order valence-electron chi connectivity index (χ0n) is 18.4. The third-order valence-corrected chi connectivity index (χ3v) is 8.41. The van der Waals surface area contributed by atoms with Crippen LogP contribution in [0.1, 0.15) is 41.2 Å². The van der Waals surface area contributed by atoms with E-state index < -0.39 is 68.9 Å². The number of hydrogen-bond acceptors (Lipinski definition) is 5. The molecule has 0 radical (unpaired) electrons. The molecule has 2 aromatic carbocycles. The molecule has 3 heterocycles. The molecule has 1 spiro atoms. The van der Waals surface area contributed by atoms with Crippen molar-refractivity contribution < 1.29 is 40.3 Å². The second-order valence-corrected chi connectivity index (χ2v) is 10.9. The second kappa shape index (κ2) is 8.84.